The molecule has 3 aromatic carbocycles. The summed E-state index contributed by atoms with van der Waals surface area (Å²) in [7, 11) is 3.95. The van der Waals surface area contributed by atoms with Crippen molar-refractivity contribution in [1.29, 1.82) is 0 Å². The predicted molar refractivity (Wildman–Crippen MR) is 137 cm³/mol. The smallest absolute Gasteiger partial charge is 0.251 e. The number of carbonyl (C=O) groups excluding carboxylic acids is 1. The monoisotopic (exact) mass is 503 g/mol. The molecule has 168 valence electrons. The van der Waals surface area contributed by atoms with Gasteiger partial charge in [-0.2, -0.15) is 0 Å². The van der Waals surface area contributed by atoms with Crippen LogP contribution in [0.25, 0.3) is 28.2 Å². The Hall–Kier alpha value is -3.35. The second-order valence-corrected chi connectivity index (χ2v) is 8.99. The van der Waals surface area contributed by atoms with Crippen LogP contribution in [-0.2, 0) is 0 Å². The normalized spacial score (nSPS) is 11.0. The van der Waals surface area contributed by atoms with Crippen molar-refractivity contribution in [3.8, 4) is 34.0 Å². The van der Waals surface area contributed by atoms with E-state index in [1.54, 1.807) is 12.1 Å². The van der Waals surface area contributed by atoms with E-state index in [9.17, 15) is 9.90 Å². The summed E-state index contributed by atoms with van der Waals surface area (Å²) in [4.78, 5) is 14.7. The minimum absolute atomic E-state index is 0.104. The highest BCUT2D eigenvalue weighted by molar-refractivity contribution is 9.10. The molecule has 0 aliphatic carbocycles. The molecular formula is C27H26BrN3O2. The van der Waals surface area contributed by atoms with E-state index in [4.69, 9.17) is 0 Å². The minimum atomic E-state index is -0.104. The van der Waals surface area contributed by atoms with E-state index in [0.717, 1.165) is 33.5 Å². The standard InChI is InChI=1S/C27H26BrN3O2/c1-30(2)17-16-29-27(33)21-7-5-6-20(18-21)24-15-14-23(19-10-12-22(28)13-11-19)31(24)25-8-3-4-9-26(25)32/h3-15,18,32H,16-17H2,1-2H3,(H,29,33). The van der Waals surface area contributed by atoms with E-state index in [1.807, 2.05) is 96.4 Å². The van der Waals surface area contributed by atoms with Gasteiger partial charge in [0.05, 0.1) is 17.1 Å². The molecule has 0 bridgehead atoms. The number of carbonyl (C=O) groups is 1. The van der Waals surface area contributed by atoms with E-state index in [1.165, 1.54) is 0 Å². The predicted octanol–water partition coefficient (Wildman–Crippen LogP) is 5.57. The molecule has 1 heterocycles. The molecule has 4 rings (SSSR count). The SMILES string of the molecule is CN(C)CCNC(=O)c1cccc(-c2ccc(-c3ccc(Br)cc3)n2-c2ccccc2O)c1. The second kappa shape index (κ2) is 10.1. The molecule has 0 saturated heterocycles. The Labute approximate surface area is 202 Å². The van der Waals surface area contributed by atoms with Crippen molar-refractivity contribution < 1.29 is 9.90 Å². The molecule has 0 spiro atoms. The number of rotatable bonds is 7. The lowest BCUT2D eigenvalue weighted by molar-refractivity contribution is 0.0951. The van der Waals surface area contributed by atoms with E-state index in [2.05, 4.69) is 21.2 Å². The van der Waals surface area contributed by atoms with E-state index in [0.29, 0.717) is 17.8 Å². The largest absolute Gasteiger partial charge is 0.506 e. The Balaban J connectivity index is 1.78. The second-order valence-electron chi connectivity index (χ2n) is 8.07. The van der Waals surface area contributed by atoms with E-state index >= 15 is 0 Å². The highest BCUT2D eigenvalue weighted by Gasteiger charge is 2.17. The topological polar surface area (TPSA) is 57.5 Å². The van der Waals surface area contributed by atoms with Gasteiger partial charge in [0.15, 0.2) is 0 Å². The van der Waals surface area contributed by atoms with Crippen LogP contribution in [0, 0.1) is 0 Å². The zero-order chi connectivity index (χ0) is 23.4. The number of phenolic OH excluding ortho intramolecular Hbond substituents is 1. The van der Waals surface area contributed by atoms with Gasteiger partial charge < -0.3 is 19.9 Å². The molecule has 0 aliphatic heterocycles. The quantitative estimate of drug-likeness (QED) is 0.346. The van der Waals surface area contributed by atoms with Gasteiger partial charge in [-0.1, -0.05) is 52.3 Å². The molecule has 0 radical (unpaired) electrons. The summed E-state index contributed by atoms with van der Waals surface area (Å²) in [5, 5.41) is 13.6. The fourth-order valence-corrected chi connectivity index (χ4v) is 4.00. The lowest BCUT2D eigenvalue weighted by Crippen LogP contribution is -2.31. The zero-order valence-electron chi connectivity index (χ0n) is 18.6. The van der Waals surface area contributed by atoms with Crippen molar-refractivity contribution >= 4 is 21.8 Å². The molecule has 1 amide bonds. The van der Waals surface area contributed by atoms with Gasteiger partial charge in [-0.3, -0.25) is 4.79 Å². The van der Waals surface area contributed by atoms with E-state index in [-0.39, 0.29) is 11.7 Å². The third-order valence-electron chi connectivity index (χ3n) is 5.41. The summed E-state index contributed by atoms with van der Waals surface area (Å²) in [6.07, 6.45) is 0. The van der Waals surface area contributed by atoms with Crippen molar-refractivity contribution in [3.63, 3.8) is 0 Å². The third-order valence-corrected chi connectivity index (χ3v) is 5.94. The number of amides is 1. The highest BCUT2D eigenvalue weighted by Crippen LogP contribution is 2.36. The lowest BCUT2D eigenvalue weighted by atomic mass is 10.1. The van der Waals surface area contributed by atoms with Crippen LogP contribution in [-0.4, -0.2) is 47.7 Å². The number of aromatic hydroxyl groups is 1. The fourth-order valence-electron chi connectivity index (χ4n) is 3.74. The van der Waals surface area contributed by atoms with Crippen LogP contribution in [0.3, 0.4) is 0 Å². The molecule has 6 heteroatoms. The maximum absolute atomic E-state index is 12.7. The number of phenols is 1. The summed E-state index contributed by atoms with van der Waals surface area (Å²) in [5.74, 6) is 0.0818. The van der Waals surface area contributed by atoms with Gasteiger partial charge in [0.2, 0.25) is 0 Å². The third kappa shape index (κ3) is 5.18. The van der Waals surface area contributed by atoms with Crippen LogP contribution in [0.4, 0.5) is 0 Å². The lowest BCUT2D eigenvalue weighted by Gasteiger charge is -2.16. The van der Waals surface area contributed by atoms with Crippen molar-refractivity contribution in [3.05, 3.63) is 95.0 Å². The molecule has 4 aromatic rings. The number of nitrogens with one attached hydrogen (secondary N) is 1. The molecule has 0 fully saturated rings. The first-order chi connectivity index (χ1) is 15.9. The zero-order valence-corrected chi connectivity index (χ0v) is 20.2. The summed E-state index contributed by atoms with van der Waals surface area (Å²) < 4.78 is 3.03. The average molecular weight is 504 g/mol. The van der Waals surface area contributed by atoms with Crippen molar-refractivity contribution in [2.24, 2.45) is 0 Å². The number of likely N-dealkylation sites (N-methyl/N-ethyl adjacent to an activating group) is 1. The summed E-state index contributed by atoms with van der Waals surface area (Å²) in [5.41, 5.74) is 5.02. The molecule has 0 unspecified atom stereocenters. The van der Waals surface area contributed by atoms with Gasteiger partial charge in [-0.25, -0.2) is 0 Å². The molecule has 0 atom stereocenters. The maximum Gasteiger partial charge on any atom is 0.251 e. The van der Waals surface area contributed by atoms with Crippen LogP contribution in [0.2, 0.25) is 0 Å². The van der Waals surface area contributed by atoms with Crippen molar-refractivity contribution in [2.45, 2.75) is 0 Å². The van der Waals surface area contributed by atoms with Crippen LogP contribution in [0.5, 0.6) is 5.75 Å². The molecular weight excluding hydrogens is 478 g/mol. The number of hydrogen-bond donors (Lipinski definition) is 2. The summed E-state index contributed by atoms with van der Waals surface area (Å²) in [6.45, 7) is 1.36. The minimum Gasteiger partial charge on any atom is -0.506 e. The van der Waals surface area contributed by atoms with Gasteiger partial charge in [-0.15, -0.1) is 0 Å². The van der Waals surface area contributed by atoms with Crippen molar-refractivity contribution in [2.75, 3.05) is 27.2 Å². The number of benzene rings is 3. The van der Waals surface area contributed by atoms with Crippen LogP contribution in [0.15, 0.2) is 89.4 Å². The molecule has 2 N–H and O–H groups in total. The van der Waals surface area contributed by atoms with Gasteiger partial charge in [0.25, 0.3) is 5.91 Å². The number of halogens is 1. The first kappa shape index (κ1) is 22.8. The van der Waals surface area contributed by atoms with Gasteiger partial charge in [0, 0.05) is 23.1 Å². The van der Waals surface area contributed by atoms with Crippen molar-refractivity contribution in [1.82, 2.24) is 14.8 Å². The molecule has 33 heavy (non-hydrogen) atoms. The average Bonchev–Trinajstić information content (AvgIpc) is 3.24. The maximum atomic E-state index is 12.7. The van der Waals surface area contributed by atoms with Gasteiger partial charge >= 0.3 is 0 Å². The number of hydrogen-bond acceptors (Lipinski definition) is 3. The van der Waals surface area contributed by atoms with Crippen LogP contribution in [0.1, 0.15) is 10.4 Å². The fraction of sp³-hybridized carbons (Fsp3) is 0.148. The Morgan fingerprint density at radius 2 is 1.61 bits per heavy atom. The number of para-hydroxylation sites is 2. The van der Waals surface area contributed by atoms with Crippen LogP contribution < -0.4 is 5.32 Å². The van der Waals surface area contributed by atoms with E-state index < -0.39 is 0 Å². The van der Waals surface area contributed by atoms with Gasteiger partial charge in [0.1, 0.15) is 5.75 Å². The summed E-state index contributed by atoms with van der Waals surface area (Å²) >= 11 is 3.49. The first-order valence-electron chi connectivity index (χ1n) is 10.7. The number of aromatic nitrogens is 1. The Morgan fingerprint density at radius 3 is 2.30 bits per heavy atom. The molecule has 5 nitrogen and oxygen atoms in total. The van der Waals surface area contributed by atoms with Gasteiger partial charge in [-0.05, 0) is 73.8 Å². The summed E-state index contributed by atoms with van der Waals surface area (Å²) in [6, 6.07) is 27.0. The Bertz CT molecular complexity index is 1260. The Morgan fingerprint density at radius 1 is 0.909 bits per heavy atom. The molecule has 0 saturated carbocycles. The number of nitrogens with zero attached hydrogens (tertiary/aromatic N) is 2. The Kier molecular flexibility index (Phi) is 6.96. The first-order valence-corrected chi connectivity index (χ1v) is 11.5. The highest BCUT2D eigenvalue weighted by atomic mass is 79.9. The van der Waals surface area contributed by atoms with Crippen LogP contribution >= 0.6 is 15.9 Å². The molecule has 0 aliphatic rings. The molecule has 1 aromatic heterocycles.